The molecule has 2 aromatic rings. The van der Waals surface area contributed by atoms with E-state index in [1.54, 1.807) is 0 Å². The van der Waals surface area contributed by atoms with Crippen molar-refractivity contribution < 1.29 is 24.2 Å². The molecule has 0 aromatic heterocycles. The first-order chi connectivity index (χ1) is 15.4. The van der Waals surface area contributed by atoms with Crippen molar-refractivity contribution in [3.63, 3.8) is 0 Å². The van der Waals surface area contributed by atoms with Gasteiger partial charge in [-0.05, 0) is 41.0 Å². The normalized spacial score (nSPS) is 17.4. The highest BCUT2D eigenvalue weighted by Crippen LogP contribution is 2.44. The fraction of sp³-hybridized carbons (Fsp3) is 0.400. The lowest BCUT2D eigenvalue weighted by Crippen LogP contribution is -2.55. The average Bonchev–Trinajstić information content (AvgIpc) is 3.51. The van der Waals surface area contributed by atoms with E-state index in [0.29, 0.717) is 19.3 Å². The number of hydrogen-bond acceptors (Lipinski definition) is 4. The number of carboxylic acid groups (broad SMARTS) is 1. The van der Waals surface area contributed by atoms with E-state index in [1.165, 1.54) is 0 Å². The molecule has 7 heteroatoms. The molecule has 7 nitrogen and oxygen atoms in total. The third-order valence-corrected chi connectivity index (χ3v) is 6.63. The highest BCUT2D eigenvalue weighted by molar-refractivity contribution is 5.93. The first kappa shape index (κ1) is 21.9. The maximum Gasteiger partial charge on any atom is 0.407 e. The molecule has 2 atom stereocenters. The Hall–Kier alpha value is -3.35. The number of nitrogens with one attached hydrogen (secondary N) is 2. The van der Waals surface area contributed by atoms with Crippen LogP contribution in [0.1, 0.15) is 50.2 Å². The Morgan fingerprint density at radius 2 is 1.62 bits per heavy atom. The SMILES string of the molecule is CCC(C)C(NC(=O)OCC1c2ccccc2-c2ccccc21)C(=O)NC1(C(=O)O)CC1. The number of ether oxygens (including phenoxy) is 1. The number of aliphatic carboxylic acids is 1. The van der Waals surface area contributed by atoms with E-state index in [2.05, 4.69) is 22.8 Å². The van der Waals surface area contributed by atoms with Crippen LogP contribution in [0.25, 0.3) is 11.1 Å². The number of rotatable bonds is 8. The van der Waals surface area contributed by atoms with Crippen molar-refractivity contribution in [2.24, 2.45) is 5.92 Å². The summed E-state index contributed by atoms with van der Waals surface area (Å²) in [5.74, 6) is -1.80. The average molecular weight is 437 g/mol. The van der Waals surface area contributed by atoms with Crippen LogP contribution in [-0.2, 0) is 14.3 Å². The van der Waals surface area contributed by atoms with Crippen LogP contribution in [0.15, 0.2) is 48.5 Å². The number of carboxylic acids is 1. The molecule has 2 aliphatic carbocycles. The monoisotopic (exact) mass is 436 g/mol. The van der Waals surface area contributed by atoms with E-state index in [9.17, 15) is 19.5 Å². The van der Waals surface area contributed by atoms with Crippen molar-refractivity contribution in [3.05, 3.63) is 59.7 Å². The van der Waals surface area contributed by atoms with Crippen molar-refractivity contribution in [2.75, 3.05) is 6.61 Å². The lowest BCUT2D eigenvalue weighted by molar-refractivity contribution is -0.143. The van der Waals surface area contributed by atoms with Gasteiger partial charge in [0.15, 0.2) is 0 Å². The minimum Gasteiger partial charge on any atom is -0.480 e. The summed E-state index contributed by atoms with van der Waals surface area (Å²) in [6.45, 7) is 3.90. The Morgan fingerprint density at radius 3 is 2.12 bits per heavy atom. The molecule has 0 aliphatic heterocycles. The fourth-order valence-corrected chi connectivity index (χ4v) is 4.30. The zero-order valence-corrected chi connectivity index (χ0v) is 18.3. The molecule has 32 heavy (non-hydrogen) atoms. The molecular weight excluding hydrogens is 408 g/mol. The second-order valence-corrected chi connectivity index (χ2v) is 8.71. The van der Waals surface area contributed by atoms with Gasteiger partial charge in [0.2, 0.25) is 5.91 Å². The van der Waals surface area contributed by atoms with Crippen LogP contribution in [0, 0.1) is 5.92 Å². The number of amides is 2. The number of fused-ring (bicyclic) bond motifs is 3. The van der Waals surface area contributed by atoms with Crippen LogP contribution in [-0.4, -0.2) is 41.3 Å². The van der Waals surface area contributed by atoms with E-state index in [4.69, 9.17) is 4.74 Å². The van der Waals surface area contributed by atoms with Gasteiger partial charge in [-0.2, -0.15) is 0 Å². The molecular formula is C25H28N2O5. The van der Waals surface area contributed by atoms with E-state index < -0.39 is 29.6 Å². The molecule has 0 bridgehead atoms. The van der Waals surface area contributed by atoms with Crippen molar-refractivity contribution >= 4 is 18.0 Å². The third kappa shape index (κ3) is 4.07. The minimum absolute atomic E-state index is 0.0780. The summed E-state index contributed by atoms with van der Waals surface area (Å²) in [6, 6.07) is 15.3. The van der Waals surface area contributed by atoms with Gasteiger partial charge < -0.3 is 20.5 Å². The van der Waals surface area contributed by atoms with E-state index >= 15 is 0 Å². The minimum atomic E-state index is -1.20. The maximum atomic E-state index is 12.8. The van der Waals surface area contributed by atoms with Crippen LogP contribution < -0.4 is 10.6 Å². The predicted octanol–water partition coefficient (Wildman–Crippen LogP) is 3.67. The van der Waals surface area contributed by atoms with Crippen molar-refractivity contribution in [3.8, 4) is 11.1 Å². The van der Waals surface area contributed by atoms with Gasteiger partial charge in [-0.25, -0.2) is 9.59 Å². The Morgan fingerprint density at radius 1 is 1.06 bits per heavy atom. The highest BCUT2D eigenvalue weighted by atomic mass is 16.5. The standard InChI is InChI=1S/C25H28N2O5/c1-3-15(2)21(22(28)27-25(12-13-25)23(29)30)26-24(31)32-14-20-18-10-6-4-8-16(18)17-9-5-7-11-19(17)20/h4-11,15,20-21H,3,12-14H2,1-2H3,(H,26,31)(H,27,28)(H,29,30). The van der Waals surface area contributed by atoms with Crippen LogP contribution in [0.2, 0.25) is 0 Å². The summed E-state index contributed by atoms with van der Waals surface area (Å²) >= 11 is 0. The maximum absolute atomic E-state index is 12.8. The molecule has 0 spiro atoms. The van der Waals surface area contributed by atoms with Crippen LogP contribution >= 0.6 is 0 Å². The van der Waals surface area contributed by atoms with Crippen molar-refractivity contribution in [1.29, 1.82) is 0 Å². The third-order valence-electron chi connectivity index (χ3n) is 6.63. The van der Waals surface area contributed by atoms with Gasteiger partial charge in [0, 0.05) is 5.92 Å². The molecule has 2 amide bonds. The summed E-state index contributed by atoms with van der Waals surface area (Å²) < 4.78 is 5.56. The van der Waals surface area contributed by atoms with Gasteiger partial charge in [-0.15, -0.1) is 0 Å². The molecule has 1 fully saturated rings. The lowest BCUT2D eigenvalue weighted by Gasteiger charge is -2.25. The largest absolute Gasteiger partial charge is 0.480 e. The predicted molar refractivity (Wildman–Crippen MR) is 119 cm³/mol. The summed E-state index contributed by atoms with van der Waals surface area (Å²) in [6.07, 6.45) is 0.743. The number of carbonyl (C=O) groups is 3. The Kier molecular flexibility index (Phi) is 5.91. The van der Waals surface area contributed by atoms with E-state index in [0.717, 1.165) is 22.3 Å². The van der Waals surface area contributed by atoms with Crippen molar-refractivity contribution in [2.45, 2.75) is 50.6 Å². The molecule has 0 saturated heterocycles. The number of carbonyl (C=O) groups excluding carboxylic acids is 2. The quantitative estimate of drug-likeness (QED) is 0.586. The Labute approximate surface area is 187 Å². The van der Waals surface area contributed by atoms with Crippen LogP contribution in [0.4, 0.5) is 4.79 Å². The molecule has 2 unspecified atom stereocenters. The van der Waals surface area contributed by atoms with E-state index in [-0.39, 0.29) is 18.4 Å². The first-order valence-corrected chi connectivity index (χ1v) is 11.0. The summed E-state index contributed by atoms with van der Waals surface area (Å²) in [7, 11) is 0. The molecule has 0 radical (unpaired) electrons. The second kappa shape index (κ2) is 8.65. The summed E-state index contributed by atoms with van der Waals surface area (Å²) in [4.78, 5) is 36.9. The molecule has 2 aliphatic rings. The highest BCUT2D eigenvalue weighted by Gasteiger charge is 2.52. The molecule has 1 saturated carbocycles. The topological polar surface area (TPSA) is 105 Å². The first-order valence-electron chi connectivity index (χ1n) is 11.0. The smallest absolute Gasteiger partial charge is 0.407 e. The van der Waals surface area contributed by atoms with Crippen LogP contribution in [0.3, 0.4) is 0 Å². The fourth-order valence-electron chi connectivity index (χ4n) is 4.30. The molecule has 2 aromatic carbocycles. The zero-order valence-electron chi connectivity index (χ0n) is 18.3. The van der Waals surface area contributed by atoms with Gasteiger partial charge >= 0.3 is 12.1 Å². The second-order valence-electron chi connectivity index (χ2n) is 8.71. The Bertz CT molecular complexity index is 1000. The molecule has 0 heterocycles. The number of benzene rings is 2. The summed E-state index contributed by atoms with van der Waals surface area (Å²) in [5, 5.41) is 14.6. The zero-order chi connectivity index (χ0) is 22.9. The van der Waals surface area contributed by atoms with Gasteiger partial charge in [-0.3, -0.25) is 4.79 Å². The lowest BCUT2D eigenvalue weighted by atomic mass is 9.97. The molecule has 168 valence electrons. The van der Waals surface area contributed by atoms with Gasteiger partial charge in [0.1, 0.15) is 18.2 Å². The van der Waals surface area contributed by atoms with E-state index in [1.807, 2.05) is 50.2 Å². The number of hydrogen-bond donors (Lipinski definition) is 3. The van der Waals surface area contributed by atoms with Crippen LogP contribution in [0.5, 0.6) is 0 Å². The molecule has 3 N–H and O–H groups in total. The molecule has 4 rings (SSSR count). The van der Waals surface area contributed by atoms with Gasteiger partial charge in [0.05, 0.1) is 0 Å². The summed E-state index contributed by atoms with van der Waals surface area (Å²) in [5.41, 5.74) is 3.28. The van der Waals surface area contributed by atoms with Gasteiger partial charge in [0.25, 0.3) is 0 Å². The van der Waals surface area contributed by atoms with Gasteiger partial charge in [-0.1, -0.05) is 68.8 Å². The Balaban J connectivity index is 1.43. The number of alkyl carbamates (subject to hydrolysis) is 1. The van der Waals surface area contributed by atoms with Crippen molar-refractivity contribution in [1.82, 2.24) is 10.6 Å².